The quantitative estimate of drug-likeness (QED) is 0.855. The Bertz CT molecular complexity index is 667. The molecule has 1 amide bonds. The maximum absolute atomic E-state index is 12.7. The van der Waals surface area contributed by atoms with Crippen molar-refractivity contribution in [1.82, 2.24) is 4.90 Å². The van der Waals surface area contributed by atoms with Gasteiger partial charge < -0.3 is 9.64 Å². The Morgan fingerprint density at radius 1 is 1.17 bits per heavy atom. The zero-order chi connectivity index (χ0) is 16.2. The second kappa shape index (κ2) is 7.09. The van der Waals surface area contributed by atoms with E-state index in [1.54, 1.807) is 7.11 Å². The average molecular weight is 327 g/mol. The van der Waals surface area contributed by atoms with Crippen LogP contribution in [-0.2, 0) is 11.2 Å². The van der Waals surface area contributed by atoms with E-state index < -0.39 is 0 Å². The highest BCUT2D eigenvalue weighted by Gasteiger charge is 2.30. The molecule has 4 heteroatoms. The summed E-state index contributed by atoms with van der Waals surface area (Å²) in [6, 6.07) is 16.2. The van der Waals surface area contributed by atoms with E-state index in [2.05, 4.69) is 31.2 Å². The average Bonchev–Trinajstić information content (AvgIpc) is 3.06. The van der Waals surface area contributed by atoms with Gasteiger partial charge in [-0.25, -0.2) is 0 Å². The second-order valence-electron chi connectivity index (χ2n) is 5.75. The van der Waals surface area contributed by atoms with Crippen LogP contribution in [0.25, 0.3) is 0 Å². The summed E-state index contributed by atoms with van der Waals surface area (Å²) in [5.41, 5.74) is 3.48. The fourth-order valence-corrected chi connectivity index (χ4v) is 4.03. The van der Waals surface area contributed by atoms with Gasteiger partial charge in [0.1, 0.15) is 11.1 Å². The van der Waals surface area contributed by atoms with Gasteiger partial charge in [0.05, 0.1) is 13.5 Å². The van der Waals surface area contributed by atoms with Crippen molar-refractivity contribution in [2.24, 2.45) is 0 Å². The molecule has 1 heterocycles. The number of ether oxygens (including phenoxy) is 1. The van der Waals surface area contributed by atoms with Gasteiger partial charge in [0, 0.05) is 12.3 Å². The first-order valence-electron chi connectivity index (χ1n) is 7.78. The van der Waals surface area contributed by atoms with Crippen molar-refractivity contribution in [3.8, 4) is 5.75 Å². The van der Waals surface area contributed by atoms with E-state index in [1.807, 2.05) is 40.9 Å². The topological polar surface area (TPSA) is 29.5 Å². The van der Waals surface area contributed by atoms with E-state index in [0.717, 1.165) is 23.6 Å². The standard InChI is InChI=1S/C19H21NO2S/c1-14-3-7-16(8-4-14)19-20(11-12-23-19)18(21)13-15-5-9-17(22-2)10-6-15/h3-10,19H,11-13H2,1-2H3. The van der Waals surface area contributed by atoms with Gasteiger partial charge >= 0.3 is 0 Å². The zero-order valence-corrected chi connectivity index (χ0v) is 14.3. The van der Waals surface area contributed by atoms with E-state index >= 15 is 0 Å². The maximum Gasteiger partial charge on any atom is 0.228 e. The van der Waals surface area contributed by atoms with Gasteiger partial charge in [-0.15, -0.1) is 11.8 Å². The molecule has 0 bridgehead atoms. The Kier molecular flexibility index (Phi) is 4.91. The van der Waals surface area contributed by atoms with Gasteiger partial charge in [-0.2, -0.15) is 0 Å². The minimum atomic E-state index is 0.140. The molecule has 0 aliphatic carbocycles. The van der Waals surface area contributed by atoms with Crippen LogP contribution in [0.3, 0.4) is 0 Å². The van der Waals surface area contributed by atoms with E-state index in [9.17, 15) is 4.79 Å². The molecule has 120 valence electrons. The van der Waals surface area contributed by atoms with Gasteiger partial charge in [-0.05, 0) is 30.2 Å². The number of amides is 1. The van der Waals surface area contributed by atoms with Gasteiger partial charge in [-0.1, -0.05) is 42.0 Å². The van der Waals surface area contributed by atoms with Crippen LogP contribution < -0.4 is 4.74 Å². The Labute approximate surface area is 141 Å². The van der Waals surface area contributed by atoms with Gasteiger partial charge in [-0.3, -0.25) is 4.79 Å². The van der Waals surface area contributed by atoms with E-state index in [1.165, 1.54) is 11.1 Å². The predicted octanol–water partition coefficient (Wildman–Crippen LogP) is 3.82. The number of benzene rings is 2. The molecule has 3 rings (SSSR count). The van der Waals surface area contributed by atoms with Crippen LogP contribution >= 0.6 is 11.8 Å². The second-order valence-corrected chi connectivity index (χ2v) is 6.93. The molecule has 0 aromatic heterocycles. The lowest BCUT2D eigenvalue weighted by Gasteiger charge is -2.24. The normalized spacial score (nSPS) is 17.3. The van der Waals surface area contributed by atoms with Crippen molar-refractivity contribution >= 4 is 17.7 Å². The monoisotopic (exact) mass is 327 g/mol. The molecule has 2 aromatic rings. The van der Waals surface area contributed by atoms with E-state index in [4.69, 9.17) is 4.74 Å². The number of aryl methyl sites for hydroxylation is 1. The first-order chi connectivity index (χ1) is 11.2. The number of hydrogen-bond donors (Lipinski definition) is 0. The van der Waals surface area contributed by atoms with Crippen LogP contribution in [0.4, 0.5) is 0 Å². The van der Waals surface area contributed by atoms with Crippen LogP contribution in [0.2, 0.25) is 0 Å². The van der Waals surface area contributed by atoms with Crippen molar-refractivity contribution in [3.63, 3.8) is 0 Å². The highest BCUT2D eigenvalue weighted by atomic mass is 32.2. The minimum Gasteiger partial charge on any atom is -0.497 e. The lowest BCUT2D eigenvalue weighted by atomic mass is 10.1. The van der Waals surface area contributed by atoms with Crippen molar-refractivity contribution < 1.29 is 9.53 Å². The number of rotatable bonds is 4. The summed E-state index contributed by atoms with van der Waals surface area (Å²) in [4.78, 5) is 14.7. The molecule has 2 aromatic carbocycles. The summed E-state index contributed by atoms with van der Waals surface area (Å²) in [7, 11) is 1.65. The van der Waals surface area contributed by atoms with Crippen molar-refractivity contribution in [2.75, 3.05) is 19.4 Å². The zero-order valence-electron chi connectivity index (χ0n) is 13.5. The molecule has 0 N–H and O–H groups in total. The molecule has 23 heavy (non-hydrogen) atoms. The predicted molar refractivity (Wildman–Crippen MR) is 94.8 cm³/mol. The Balaban J connectivity index is 1.71. The third-order valence-electron chi connectivity index (χ3n) is 4.09. The first-order valence-corrected chi connectivity index (χ1v) is 8.83. The van der Waals surface area contributed by atoms with E-state index in [0.29, 0.717) is 6.42 Å². The SMILES string of the molecule is COc1ccc(CC(=O)N2CCSC2c2ccc(C)cc2)cc1. The molecule has 1 unspecified atom stereocenters. The Morgan fingerprint density at radius 2 is 1.87 bits per heavy atom. The van der Waals surface area contributed by atoms with Crippen LogP contribution in [0.5, 0.6) is 5.75 Å². The van der Waals surface area contributed by atoms with Crippen LogP contribution in [-0.4, -0.2) is 30.2 Å². The summed E-state index contributed by atoms with van der Waals surface area (Å²) >= 11 is 1.84. The lowest BCUT2D eigenvalue weighted by molar-refractivity contribution is -0.130. The summed E-state index contributed by atoms with van der Waals surface area (Å²) < 4.78 is 5.16. The molecule has 1 aliphatic heterocycles. The number of hydrogen-bond acceptors (Lipinski definition) is 3. The Morgan fingerprint density at radius 3 is 2.52 bits per heavy atom. The van der Waals surface area contributed by atoms with Crippen molar-refractivity contribution in [3.05, 3.63) is 65.2 Å². The van der Waals surface area contributed by atoms with Crippen molar-refractivity contribution in [2.45, 2.75) is 18.7 Å². The lowest BCUT2D eigenvalue weighted by Crippen LogP contribution is -2.31. The molecule has 3 nitrogen and oxygen atoms in total. The minimum absolute atomic E-state index is 0.140. The number of carbonyl (C=O) groups is 1. The molecular formula is C19H21NO2S. The number of carbonyl (C=O) groups excluding carboxylic acids is 1. The van der Waals surface area contributed by atoms with Crippen LogP contribution in [0.15, 0.2) is 48.5 Å². The largest absolute Gasteiger partial charge is 0.497 e. The number of nitrogens with zero attached hydrogens (tertiary/aromatic N) is 1. The molecule has 0 saturated carbocycles. The molecule has 1 atom stereocenters. The first kappa shape index (κ1) is 15.9. The van der Waals surface area contributed by atoms with Gasteiger partial charge in [0.25, 0.3) is 0 Å². The molecule has 1 aliphatic rings. The summed E-state index contributed by atoms with van der Waals surface area (Å²) in [5.74, 6) is 1.99. The molecular weight excluding hydrogens is 306 g/mol. The van der Waals surface area contributed by atoms with Gasteiger partial charge in [0.15, 0.2) is 0 Å². The summed E-state index contributed by atoms with van der Waals surface area (Å²) in [6.07, 6.45) is 0.437. The number of thioether (sulfide) groups is 1. The smallest absolute Gasteiger partial charge is 0.228 e. The van der Waals surface area contributed by atoms with Crippen LogP contribution in [0.1, 0.15) is 22.1 Å². The highest BCUT2D eigenvalue weighted by molar-refractivity contribution is 7.99. The molecule has 0 radical (unpaired) electrons. The summed E-state index contributed by atoms with van der Waals surface area (Å²) in [6.45, 7) is 2.90. The highest BCUT2D eigenvalue weighted by Crippen LogP contribution is 2.38. The Hall–Kier alpha value is -1.94. The fraction of sp³-hybridized carbons (Fsp3) is 0.316. The van der Waals surface area contributed by atoms with Crippen LogP contribution in [0, 0.1) is 6.92 Å². The van der Waals surface area contributed by atoms with E-state index in [-0.39, 0.29) is 11.3 Å². The van der Waals surface area contributed by atoms with Crippen molar-refractivity contribution in [1.29, 1.82) is 0 Å². The number of methoxy groups -OCH3 is 1. The third-order valence-corrected chi connectivity index (χ3v) is 5.35. The molecule has 1 saturated heterocycles. The maximum atomic E-state index is 12.7. The summed E-state index contributed by atoms with van der Waals surface area (Å²) in [5, 5.41) is 0.140. The molecule has 1 fully saturated rings. The third kappa shape index (κ3) is 3.70. The fourth-order valence-electron chi connectivity index (χ4n) is 2.75. The molecule has 0 spiro atoms. The van der Waals surface area contributed by atoms with Gasteiger partial charge in [0.2, 0.25) is 5.91 Å².